The lowest BCUT2D eigenvalue weighted by Gasteiger charge is -2.25. The van der Waals surface area contributed by atoms with Crippen LogP contribution in [-0.4, -0.2) is 35.7 Å². The zero-order chi connectivity index (χ0) is 10.7. The van der Waals surface area contributed by atoms with Gasteiger partial charge >= 0.3 is 0 Å². The molecule has 2 aliphatic heterocycles. The second-order valence-electron chi connectivity index (χ2n) is 4.25. The number of hydrogen-bond acceptors (Lipinski definition) is 3. The first-order valence-electron chi connectivity index (χ1n) is 5.88. The lowest BCUT2D eigenvalue weighted by molar-refractivity contribution is 0.119. The lowest BCUT2D eigenvalue weighted by atomic mass is 10.2. The molecule has 0 aromatic heterocycles. The monoisotopic (exact) mass is 228 g/mol. The van der Waals surface area contributed by atoms with Crippen LogP contribution in [0.2, 0.25) is 0 Å². The Bertz CT molecular complexity index is 245. The Hall–Kier alpha value is -0.220. The van der Waals surface area contributed by atoms with Gasteiger partial charge in [0, 0.05) is 18.4 Å². The van der Waals surface area contributed by atoms with Crippen molar-refractivity contribution in [3.63, 3.8) is 0 Å². The molecule has 3 atom stereocenters. The highest BCUT2D eigenvalue weighted by atomic mass is 32.2. The van der Waals surface area contributed by atoms with Crippen LogP contribution in [-0.2, 0) is 4.74 Å². The third kappa shape index (κ3) is 2.88. The molecule has 2 heterocycles. The molecule has 2 saturated heterocycles. The molecule has 15 heavy (non-hydrogen) atoms. The van der Waals surface area contributed by atoms with Gasteiger partial charge in [-0.15, -0.1) is 0 Å². The van der Waals surface area contributed by atoms with E-state index >= 15 is 0 Å². The summed E-state index contributed by atoms with van der Waals surface area (Å²) in [5, 5.41) is 4.64. The van der Waals surface area contributed by atoms with E-state index in [1.807, 2.05) is 11.8 Å². The molecule has 2 rings (SSSR count). The summed E-state index contributed by atoms with van der Waals surface area (Å²) in [6.07, 6.45) is 3.82. The van der Waals surface area contributed by atoms with Crippen LogP contribution in [0, 0.1) is 0 Å². The van der Waals surface area contributed by atoms with E-state index in [2.05, 4.69) is 19.2 Å². The normalized spacial score (nSPS) is 39.3. The van der Waals surface area contributed by atoms with Crippen molar-refractivity contribution in [1.82, 2.24) is 5.32 Å². The first-order valence-corrected chi connectivity index (χ1v) is 6.87. The van der Waals surface area contributed by atoms with Crippen LogP contribution in [0.4, 0.5) is 0 Å². The summed E-state index contributed by atoms with van der Waals surface area (Å²) in [4.78, 5) is 4.76. The summed E-state index contributed by atoms with van der Waals surface area (Å²) in [5.41, 5.74) is 0. The number of nitrogens with one attached hydrogen (secondary N) is 1. The number of rotatable bonds is 2. The molecule has 0 bridgehead atoms. The van der Waals surface area contributed by atoms with E-state index < -0.39 is 0 Å². The number of hydrogen-bond donors (Lipinski definition) is 1. The minimum absolute atomic E-state index is 0.293. The molecule has 0 aromatic rings. The first kappa shape index (κ1) is 11.3. The largest absolute Gasteiger partial charge is 0.376 e. The van der Waals surface area contributed by atoms with Crippen LogP contribution in [0.3, 0.4) is 0 Å². The average Bonchev–Trinajstić information content (AvgIpc) is 2.65. The van der Waals surface area contributed by atoms with E-state index in [0.29, 0.717) is 18.2 Å². The third-order valence-corrected chi connectivity index (χ3v) is 4.08. The SMILES string of the molecule is CCC1CCSC(=NC2CCOC2C)N1. The highest BCUT2D eigenvalue weighted by Gasteiger charge is 2.25. The second-order valence-corrected chi connectivity index (χ2v) is 5.34. The molecule has 3 unspecified atom stereocenters. The van der Waals surface area contributed by atoms with Crippen LogP contribution in [0.25, 0.3) is 0 Å². The zero-order valence-corrected chi connectivity index (χ0v) is 10.3. The molecule has 0 radical (unpaired) electrons. The number of thioether (sulfide) groups is 1. The van der Waals surface area contributed by atoms with Crippen LogP contribution in [0.15, 0.2) is 4.99 Å². The fraction of sp³-hybridized carbons (Fsp3) is 0.909. The fourth-order valence-electron chi connectivity index (χ4n) is 2.01. The highest BCUT2D eigenvalue weighted by molar-refractivity contribution is 8.13. The minimum Gasteiger partial charge on any atom is -0.376 e. The van der Waals surface area contributed by atoms with Gasteiger partial charge in [-0.1, -0.05) is 18.7 Å². The van der Waals surface area contributed by atoms with Crippen LogP contribution in [0.1, 0.15) is 33.1 Å². The summed E-state index contributed by atoms with van der Waals surface area (Å²) < 4.78 is 5.52. The van der Waals surface area contributed by atoms with Crippen LogP contribution < -0.4 is 5.32 Å². The maximum Gasteiger partial charge on any atom is 0.157 e. The number of aliphatic imine (C=N–C) groups is 1. The molecular formula is C11H20N2OS. The first-order chi connectivity index (χ1) is 7.29. The standard InChI is InChI=1S/C11H20N2OS/c1-3-9-5-7-15-11(12-9)13-10-4-6-14-8(10)2/h8-10H,3-7H2,1-2H3,(H,12,13). The summed E-state index contributed by atoms with van der Waals surface area (Å²) >= 11 is 1.85. The summed E-state index contributed by atoms with van der Waals surface area (Å²) in [6.45, 7) is 5.21. The minimum atomic E-state index is 0.293. The van der Waals surface area contributed by atoms with Gasteiger partial charge in [0.1, 0.15) is 0 Å². The average molecular weight is 228 g/mol. The Balaban J connectivity index is 1.93. The van der Waals surface area contributed by atoms with Gasteiger partial charge in [0.15, 0.2) is 5.17 Å². The number of ether oxygens (including phenoxy) is 1. The predicted molar refractivity (Wildman–Crippen MR) is 65.5 cm³/mol. The molecule has 0 spiro atoms. The van der Waals surface area contributed by atoms with Crippen molar-refractivity contribution < 1.29 is 4.74 Å². The summed E-state index contributed by atoms with van der Waals surface area (Å²) in [5.74, 6) is 1.20. The van der Waals surface area contributed by atoms with Crippen molar-refractivity contribution in [2.24, 2.45) is 4.99 Å². The molecule has 86 valence electrons. The van der Waals surface area contributed by atoms with Crippen molar-refractivity contribution >= 4 is 16.9 Å². The lowest BCUT2D eigenvalue weighted by Crippen LogP contribution is -2.38. The topological polar surface area (TPSA) is 33.6 Å². The van der Waals surface area contributed by atoms with Crippen molar-refractivity contribution in [2.75, 3.05) is 12.4 Å². The second kappa shape index (κ2) is 5.21. The fourth-order valence-corrected chi connectivity index (χ4v) is 3.06. The Labute approximate surface area is 96.1 Å². The van der Waals surface area contributed by atoms with E-state index in [-0.39, 0.29) is 0 Å². The molecule has 0 aliphatic carbocycles. The van der Waals surface area contributed by atoms with E-state index in [1.54, 1.807) is 0 Å². The van der Waals surface area contributed by atoms with Gasteiger partial charge in [-0.2, -0.15) is 0 Å². The van der Waals surface area contributed by atoms with Crippen molar-refractivity contribution in [3.8, 4) is 0 Å². The smallest absolute Gasteiger partial charge is 0.157 e. The maximum absolute atomic E-state index is 5.52. The Morgan fingerprint density at radius 2 is 2.40 bits per heavy atom. The molecule has 2 fully saturated rings. The summed E-state index contributed by atoms with van der Waals surface area (Å²) in [6, 6.07) is 0.998. The highest BCUT2D eigenvalue weighted by Crippen LogP contribution is 2.21. The van der Waals surface area contributed by atoms with Gasteiger partial charge in [-0.05, 0) is 26.2 Å². The van der Waals surface area contributed by atoms with Crippen molar-refractivity contribution in [2.45, 2.75) is 51.3 Å². The Kier molecular flexibility index (Phi) is 3.92. The van der Waals surface area contributed by atoms with Gasteiger partial charge < -0.3 is 10.1 Å². The molecule has 4 heteroatoms. The van der Waals surface area contributed by atoms with Crippen molar-refractivity contribution in [3.05, 3.63) is 0 Å². The Morgan fingerprint density at radius 1 is 1.53 bits per heavy atom. The molecule has 0 saturated carbocycles. The van der Waals surface area contributed by atoms with E-state index in [9.17, 15) is 0 Å². The third-order valence-electron chi connectivity index (χ3n) is 3.14. The van der Waals surface area contributed by atoms with Gasteiger partial charge in [-0.25, -0.2) is 0 Å². The molecule has 0 amide bonds. The van der Waals surface area contributed by atoms with E-state index in [4.69, 9.17) is 9.73 Å². The molecule has 3 nitrogen and oxygen atoms in total. The van der Waals surface area contributed by atoms with Gasteiger partial charge in [0.05, 0.1) is 12.1 Å². The quantitative estimate of drug-likeness (QED) is 0.785. The zero-order valence-electron chi connectivity index (χ0n) is 9.53. The van der Waals surface area contributed by atoms with Crippen molar-refractivity contribution in [1.29, 1.82) is 0 Å². The van der Waals surface area contributed by atoms with Crippen LogP contribution in [0.5, 0.6) is 0 Å². The molecular weight excluding hydrogens is 208 g/mol. The summed E-state index contributed by atoms with van der Waals surface area (Å²) in [7, 11) is 0. The molecule has 1 N–H and O–H groups in total. The molecule has 0 aromatic carbocycles. The molecule has 2 aliphatic rings. The maximum atomic E-state index is 5.52. The van der Waals surface area contributed by atoms with E-state index in [0.717, 1.165) is 18.2 Å². The Morgan fingerprint density at radius 3 is 3.07 bits per heavy atom. The van der Waals surface area contributed by atoms with E-state index in [1.165, 1.54) is 18.6 Å². The van der Waals surface area contributed by atoms with Gasteiger partial charge in [0.25, 0.3) is 0 Å². The van der Waals surface area contributed by atoms with Gasteiger partial charge in [-0.3, -0.25) is 4.99 Å². The predicted octanol–water partition coefficient (Wildman–Crippen LogP) is 2.02. The van der Waals surface area contributed by atoms with Crippen LogP contribution >= 0.6 is 11.8 Å². The number of amidine groups is 1. The van der Waals surface area contributed by atoms with Gasteiger partial charge in [0.2, 0.25) is 0 Å². The number of nitrogens with zero attached hydrogens (tertiary/aromatic N) is 1.